The van der Waals surface area contributed by atoms with Crippen LogP contribution in [0.2, 0.25) is 0 Å². The third-order valence-electron chi connectivity index (χ3n) is 3.79. The number of hydrogen-bond acceptors (Lipinski definition) is 4. The molecule has 23 heavy (non-hydrogen) atoms. The van der Waals surface area contributed by atoms with Crippen LogP contribution in [0, 0.1) is 11.7 Å². The van der Waals surface area contributed by atoms with Crippen LogP contribution in [0.1, 0.15) is 45.7 Å². The molecule has 2 N–H and O–H groups in total. The monoisotopic (exact) mass is 325 g/mol. The topological polar surface area (TPSA) is 50.7 Å². The Morgan fingerprint density at radius 1 is 1.39 bits per heavy atom. The Morgan fingerprint density at radius 2 is 2.13 bits per heavy atom. The van der Waals surface area contributed by atoms with Crippen molar-refractivity contribution in [3.05, 3.63) is 29.6 Å². The predicted octanol–water partition coefficient (Wildman–Crippen LogP) is 3.05. The second-order valence-corrected chi connectivity index (χ2v) is 7.29. The number of hydrogen-bond donors (Lipinski definition) is 2. The molecule has 4 nitrogen and oxygen atoms in total. The summed E-state index contributed by atoms with van der Waals surface area (Å²) in [6.07, 6.45) is 0.189. The zero-order valence-corrected chi connectivity index (χ0v) is 14.4. The van der Waals surface area contributed by atoms with Gasteiger partial charge in [-0.25, -0.2) is 4.39 Å². The molecule has 1 aliphatic heterocycles. The third kappa shape index (κ3) is 5.44. The highest BCUT2D eigenvalue weighted by Gasteiger charge is 2.33. The van der Waals surface area contributed by atoms with E-state index in [1.165, 1.54) is 12.1 Å². The Kier molecular flexibility index (Phi) is 6.00. The zero-order chi connectivity index (χ0) is 17.0. The molecule has 0 aliphatic carbocycles. The van der Waals surface area contributed by atoms with Crippen LogP contribution < -0.4 is 10.1 Å². The lowest BCUT2D eigenvalue weighted by Crippen LogP contribution is -2.42. The van der Waals surface area contributed by atoms with Crippen molar-refractivity contribution in [2.24, 2.45) is 5.92 Å². The van der Waals surface area contributed by atoms with E-state index < -0.39 is 6.10 Å². The maximum atomic E-state index is 13.4. The molecule has 0 radical (unpaired) electrons. The van der Waals surface area contributed by atoms with Gasteiger partial charge in [-0.2, -0.15) is 0 Å². The Bertz CT molecular complexity index is 519. The van der Waals surface area contributed by atoms with E-state index in [2.05, 4.69) is 19.2 Å². The molecule has 0 bridgehead atoms. The predicted molar refractivity (Wildman–Crippen MR) is 88.1 cm³/mol. The van der Waals surface area contributed by atoms with Gasteiger partial charge >= 0.3 is 0 Å². The first-order valence-corrected chi connectivity index (χ1v) is 8.24. The van der Waals surface area contributed by atoms with Crippen molar-refractivity contribution in [2.45, 2.75) is 51.9 Å². The van der Waals surface area contributed by atoms with Crippen LogP contribution in [0.15, 0.2) is 18.2 Å². The molecule has 1 aromatic carbocycles. The molecule has 1 aliphatic rings. The second-order valence-electron chi connectivity index (χ2n) is 7.29. The number of benzene rings is 1. The van der Waals surface area contributed by atoms with Crippen LogP contribution >= 0.6 is 0 Å². The van der Waals surface area contributed by atoms with Crippen LogP contribution in [0.5, 0.6) is 5.75 Å². The Labute approximate surface area is 138 Å². The molecule has 1 heterocycles. The van der Waals surface area contributed by atoms with Crippen molar-refractivity contribution in [1.82, 2.24) is 5.32 Å². The van der Waals surface area contributed by atoms with Gasteiger partial charge in [0.25, 0.3) is 0 Å². The summed E-state index contributed by atoms with van der Waals surface area (Å²) < 4.78 is 24.8. The largest absolute Gasteiger partial charge is 0.487 e. The van der Waals surface area contributed by atoms with Crippen LogP contribution in [-0.4, -0.2) is 36.6 Å². The van der Waals surface area contributed by atoms with E-state index in [1.54, 1.807) is 6.07 Å². The summed E-state index contributed by atoms with van der Waals surface area (Å²) >= 11 is 0. The number of halogens is 1. The molecule has 0 spiro atoms. The number of aliphatic hydroxyl groups is 1. The summed E-state index contributed by atoms with van der Waals surface area (Å²) in [5, 5.41) is 13.4. The highest BCUT2D eigenvalue weighted by atomic mass is 19.1. The molecule has 0 amide bonds. The normalized spacial score (nSPS) is 20.9. The SMILES string of the molecule is CC(C)COCC(O)CNC1CC(C)(C)Oc2cc(F)ccc21. The van der Waals surface area contributed by atoms with E-state index in [4.69, 9.17) is 9.47 Å². The summed E-state index contributed by atoms with van der Waals surface area (Å²) in [4.78, 5) is 0. The fourth-order valence-corrected chi connectivity index (χ4v) is 2.78. The van der Waals surface area contributed by atoms with Gasteiger partial charge in [0.2, 0.25) is 0 Å². The Hall–Kier alpha value is -1.17. The Balaban J connectivity index is 1.94. The lowest BCUT2D eigenvalue weighted by molar-refractivity contribution is 0.0202. The lowest BCUT2D eigenvalue weighted by Gasteiger charge is -2.38. The van der Waals surface area contributed by atoms with Crippen LogP contribution in [0.25, 0.3) is 0 Å². The van der Waals surface area contributed by atoms with Gasteiger partial charge in [0.05, 0.1) is 12.7 Å². The lowest BCUT2D eigenvalue weighted by atomic mass is 9.89. The van der Waals surface area contributed by atoms with Crippen LogP contribution in [-0.2, 0) is 4.74 Å². The second kappa shape index (κ2) is 7.60. The first-order valence-electron chi connectivity index (χ1n) is 8.24. The standard InChI is InChI=1S/C18H28FNO3/c1-12(2)10-22-11-14(21)9-20-16-8-18(3,4)23-17-7-13(19)5-6-15(16)17/h5-7,12,14,16,20-21H,8-11H2,1-4H3. The minimum absolute atomic E-state index is 0.0223. The first-order chi connectivity index (χ1) is 10.8. The summed E-state index contributed by atoms with van der Waals surface area (Å²) in [5.74, 6) is 0.722. The summed E-state index contributed by atoms with van der Waals surface area (Å²) in [6, 6.07) is 4.64. The van der Waals surface area contributed by atoms with E-state index in [-0.39, 0.29) is 17.5 Å². The molecule has 2 rings (SSSR count). The van der Waals surface area contributed by atoms with Crippen molar-refractivity contribution in [3.63, 3.8) is 0 Å². The van der Waals surface area contributed by atoms with Gasteiger partial charge in [0.15, 0.2) is 0 Å². The van der Waals surface area contributed by atoms with Crippen molar-refractivity contribution in [2.75, 3.05) is 19.8 Å². The highest BCUT2D eigenvalue weighted by Crippen LogP contribution is 2.39. The molecule has 0 saturated heterocycles. The quantitative estimate of drug-likeness (QED) is 0.809. The van der Waals surface area contributed by atoms with E-state index in [0.717, 1.165) is 12.0 Å². The molecule has 2 unspecified atom stereocenters. The molecule has 5 heteroatoms. The maximum Gasteiger partial charge on any atom is 0.127 e. The molecule has 0 fully saturated rings. The fourth-order valence-electron chi connectivity index (χ4n) is 2.78. The van der Waals surface area contributed by atoms with E-state index in [9.17, 15) is 9.50 Å². The van der Waals surface area contributed by atoms with Gasteiger partial charge in [0, 0.05) is 37.2 Å². The number of ether oxygens (including phenoxy) is 2. The molecule has 0 saturated carbocycles. The number of fused-ring (bicyclic) bond motifs is 1. The first kappa shape index (κ1) is 18.2. The molecule has 130 valence electrons. The molecular weight excluding hydrogens is 297 g/mol. The Morgan fingerprint density at radius 3 is 2.83 bits per heavy atom. The van der Waals surface area contributed by atoms with Gasteiger partial charge in [-0.1, -0.05) is 19.9 Å². The van der Waals surface area contributed by atoms with E-state index in [1.807, 2.05) is 13.8 Å². The van der Waals surface area contributed by atoms with Crippen LogP contribution in [0.4, 0.5) is 4.39 Å². The summed E-state index contributed by atoms with van der Waals surface area (Å²) in [5.41, 5.74) is 0.554. The van der Waals surface area contributed by atoms with Crippen molar-refractivity contribution >= 4 is 0 Å². The fraction of sp³-hybridized carbons (Fsp3) is 0.667. The third-order valence-corrected chi connectivity index (χ3v) is 3.79. The van der Waals surface area contributed by atoms with E-state index >= 15 is 0 Å². The zero-order valence-electron chi connectivity index (χ0n) is 14.4. The maximum absolute atomic E-state index is 13.4. The average Bonchev–Trinajstić information content (AvgIpc) is 2.42. The molecule has 1 aromatic rings. The minimum atomic E-state index is -0.566. The average molecular weight is 325 g/mol. The number of nitrogens with one attached hydrogen (secondary N) is 1. The van der Waals surface area contributed by atoms with Gasteiger partial charge in [-0.3, -0.25) is 0 Å². The summed E-state index contributed by atoms with van der Waals surface area (Å²) in [7, 11) is 0. The van der Waals surface area contributed by atoms with Gasteiger partial charge in [0.1, 0.15) is 17.2 Å². The smallest absolute Gasteiger partial charge is 0.127 e. The van der Waals surface area contributed by atoms with Gasteiger partial charge in [-0.05, 0) is 25.8 Å². The van der Waals surface area contributed by atoms with Crippen LogP contribution in [0.3, 0.4) is 0 Å². The van der Waals surface area contributed by atoms with Crippen molar-refractivity contribution in [3.8, 4) is 5.75 Å². The van der Waals surface area contributed by atoms with Gasteiger partial charge < -0.3 is 19.9 Å². The number of aliphatic hydroxyl groups excluding tert-OH is 1. The van der Waals surface area contributed by atoms with Gasteiger partial charge in [-0.15, -0.1) is 0 Å². The van der Waals surface area contributed by atoms with Crippen molar-refractivity contribution in [1.29, 1.82) is 0 Å². The highest BCUT2D eigenvalue weighted by molar-refractivity contribution is 5.39. The van der Waals surface area contributed by atoms with Crippen molar-refractivity contribution < 1.29 is 19.0 Å². The molecule has 2 atom stereocenters. The molecular formula is C18H28FNO3. The van der Waals surface area contributed by atoms with E-state index in [0.29, 0.717) is 31.4 Å². The molecule has 0 aromatic heterocycles. The number of rotatable bonds is 7. The summed E-state index contributed by atoms with van der Waals surface area (Å²) in [6.45, 7) is 9.50. The minimum Gasteiger partial charge on any atom is -0.487 e.